The Labute approximate surface area is 448 Å². The standard InChI is InChI=1S/C29H33F3N6O.C27H29F3N6O3/c1-4-18(2)10-11-20-15-33-27(34-16-20)36-28(39)38-23-9-6-12-37(17-23)24-13-19(3)25(35-26(24)38)21-7-5-8-22(14-21)29(30,31)32;1-16(13-37)14-39-23-11-22(31-15-32-23)33-26(38)36-20-7-4-8-35(12-20)21-9-17(2)24(34-25(21)36)18-5-3-6-19(10-18)27(28,29)30/h5,7-8,13-16,18,23H,4,6,9-12,17H2,1-3H3,(H,33,34,36,39);3,5-6,9-11,15-16,20,37H,4,7-8,12-14H2,1-2H3,(H,31,32,33,38)/t18-,23-;16-,20+/m01/s1. The van der Waals surface area contributed by atoms with E-state index >= 15 is 0 Å². The first kappa shape index (κ1) is 55.1. The van der Waals surface area contributed by atoms with Gasteiger partial charge in [-0.15, -0.1) is 0 Å². The Bertz CT molecular complexity index is 3130. The molecule has 4 bridgehead atoms. The Hall–Kier alpha value is -7.62. The number of hydrogen-bond acceptors (Lipinski definition) is 12. The molecule has 0 spiro atoms. The Morgan fingerprint density at radius 1 is 0.718 bits per heavy atom. The van der Waals surface area contributed by atoms with E-state index in [1.807, 2.05) is 32.9 Å². The molecule has 0 aliphatic carbocycles. The molecule has 4 aliphatic heterocycles. The van der Waals surface area contributed by atoms with Gasteiger partial charge in [-0.05, 0) is 111 Å². The monoisotopic (exact) mass is 1080 g/mol. The number of ether oxygens (including phenoxy) is 1. The fraction of sp³-hybridized carbons (Fsp3) is 0.429. The summed E-state index contributed by atoms with van der Waals surface area (Å²) in [5.41, 5.74) is 4.02. The molecular weight excluding hydrogens is 1020 g/mol. The summed E-state index contributed by atoms with van der Waals surface area (Å²) >= 11 is 0. The maximum Gasteiger partial charge on any atom is 0.416 e. The van der Waals surface area contributed by atoms with Gasteiger partial charge in [-0.25, -0.2) is 39.5 Å². The molecule has 0 radical (unpaired) electrons. The highest BCUT2D eigenvalue weighted by Gasteiger charge is 2.41. The molecular formula is C56H62F6N12O4. The maximum absolute atomic E-state index is 13.6. The van der Waals surface area contributed by atoms with Crippen LogP contribution in [0.2, 0.25) is 0 Å². The molecule has 6 aromatic rings. The van der Waals surface area contributed by atoms with E-state index in [9.17, 15) is 41.0 Å². The van der Waals surface area contributed by atoms with E-state index in [4.69, 9.17) is 14.7 Å². The normalized spacial score (nSPS) is 17.5. The molecule has 2 aromatic carbocycles. The summed E-state index contributed by atoms with van der Waals surface area (Å²) < 4.78 is 86.0. The molecule has 0 unspecified atom stereocenters. The van der Waals surface area contributed by atoms with Crippen LogP contribution in [-0.2, 0) is 18.8 Å². The summed E-state index contributed by atoms with van der Waals surface area (Å²) in [6.07, 6.45) is 2.22. The molecule has 8 heterocycles. The largest absolute Gasteiger partial charge is 0.477 e. The minimum absolute atomic E-state index is 0.0313. The third-order valence-corrected chi connectivity index (χ3v) is 14.6. The van der Waals surface area contributed by atoms with Crippen molar-refractivity contribution in [1.29, 1.82) is 0 Å². The number of urea groups is 2. The lowest BCUT2D eigenvalue weighted by molar-refractivity contribution is -0.138. The van der Waals surface area contributed by atoms with Crippen LogP contribution >= 0.6 is 0 Å². The van der Waals surface area contributed by atoms with E-state index in [1.54, 1.807) is 34.3 Å². The number of pyridine rings is 2. The molecule has 22 heteroatoms. The Morgan fingerprint density at radius 2 is 1.24 bits per heavy atom. The van der Waals surface area contributed by atoms with Crippen molar-refractivity contribution in [2.24, 2.45) is 11.8 Å². The lowest BCUT2D eigenvalue weighted by Gasteiger charge is -2.46. The number of amides is 4. The van der Waals surface area contributed by atoms with Crippen molar-refractivity contribution in [3.05, 3.63) is 113 Å². The van der Waals surface area contributed by atoms with Crippen molar-refractivity contribution in [2.45, 2.75) is 104 Å². The number of aryl methyl sites for hydroxylation is 3. The number of nitrogens with one attached hydrogen (secondary N) is 2. The molecule has 2 saturated heterocycles. The van der Waals surface area contributed by atoms with Gasteiger partial charge in [0.1, 0.15) is 12.1 Å². The lowest BCUT2D eigenvalue weighted by Crippen LogP contribution is -2.56. The van der Waals surface area contributed by atoms with Crippen molar-refractivity contribution in [3.63, 3.8) is 0 Å². The number of aromatic nitrogens is 6. The molecule has 10 rings (SSSR count). The van der Waals surface area contributed by atoms with Crippen LogP contribution in [0.4, 0.5) is 70.7 Å². The zero-order valence-corrected chi connectivity index (χ0v) is 44.0. The van der Waals surface area contributed by atoms with E-state index in [0.29, 0.717) is 58.7 Å². The molecule has 4 atom stereocenters. The zero-order valence-electron chi connectivity index (χ0n) is 44.0. The second-order valence-electron chi connectivity index (χ2n) is 20.5. The highest BCUT2D eigenvalue weighted by molar-refractivity contribution is 6.05. The van der Waals surface area contributed by atoms with E-state index in [0.717, 1.165) is 105 Å². The predicted molar refractivity (Wildman–Crippen MR) is 286 cm³/mol. The average molecular weight is 1080 g/mol. The first-order valence-corrected chi connectivity index (χ1v) is 26.2. The highest BCUT2D eigenvalue weighted by Crippen LogP contribution is 2.44. The number of rotatable bonds is 12. The summed E-state index contributed by atoms with van der Waals surface area (Å²) in [5, 5.41) is 14.8. The molecule has 0 saturated carbocycles. The number of carbonyl (C=O) groups is 2. The van der Waals surface area contributed by atoms with Gasteiger partial charge in [-0.1, -0.05) is 51.5 Å². The number of nitrogens with zero attached hydrogens (tertiary/aromatic N) is 10. The third-order valence-electron chi connectivity index (χ3n) is 14.6. The van der Waals surface area contributed by atoms with Crippen LogP contribution in [0.25, 0.3) is 22.5 Å². The predicted octanol–water partition coefficient (Wildman–Crippen LogP) is 11.8. The van der Waals surface area contributed by atoms with Crippen LogP contribution in [0.5, 0.6) is 5.88 Å². The van der Waals surface area contributed by atoms with Gasteiger partial charge >= 0.3 is 24.4 Å². The van der Waals surface area contributed by atoms with Crippen LogP contribution < -0.4 is 35.0 Å². The van der Waals surface area contributed by atoms with Crippen molar-refractivity contribution in [2.75, 3.05) is 69.6 Å². The van der Waals surface area contributed by atoms with Gasteiger partial charge in [0.15, 0.2) is 11.6 Å². The Balaban J connectivity index is 0.000000190. The van der Waals surface area contributed by atoms with Crippen molar-refractivity contribution in [3.8, 4) is 28.4 Å². The van der Waals surface area contributed by atoms with E-state index < -0.39 is 35.5 Å². The Kier molecular flexibility index (Phi) is 16.4. The van der Waals surface area contributed by atoms with Crippen molar-refractivity contribution < 1.29 is 45.8 Å². The van der Waals surface area contributed by atoms with Crippen molar-refractivity contribution >= 4 is 46.8 Å². The minimum atomic E-state index is -4.48. The molecule has 4 amide bonds. The van der Waals surface area contributed by atoms with E-state index in [2.05, 4.69) is 54.2 Å². The van der Waals surface area contributed by atoms with Gasteiger partial charge in [0.2, 0.25) is 11.8 Å². The number of piperidine rings is 2. The second kappa shape index (κ2) is 23.1. The molecule has 3 N–H and O–H groups in total. The van der Waals surface area contributed by atoms with Gasteiger partial charge in [0, 0.05) is 68.3 Å². The van der Waals surface area contributed by atoms with Gasteiger partial charge < -0.3 is 19.6 Å². The number of benzene rings is 2. The topological polar surface area (TPSA) is 178 Å². The van der Waals surface area contributed by atoms with Gasteiger partial charge in [0.25, 0.3) is 0 Å². The molecule has 16 nitrogen and oxygen atoms in total. The molecule has 78 heavy (non-hydrogen) atoms. The van der Waals surface area contributed by atoms with Gasteiger partial charge in [0.05, 0.1) is 52.6 Å². The van der Waals surface area contributed by atoms with Gasteiger partial charge in [-0.3, -0.25) is 20.4 Å². The Morgan fingerprint density at radius 3 is 1.74 bits per heavy atom. The lowest BCUT2D eigenvalue weighted by atomic mass is 9.97. The summed E-state index contributed by atoms with van der Waals surface area (Å²) in [6.45, 7) is 13.0. The fourth-order valence-corrected chi connectivity index (χ4v) is 10.2. The highest BCUT2D eigenvalue weighted by atomic mass is 19.4. The first-order valence-electron chi connectivity index (χ1n) is 26.2. The summed E-state index contributed by atoms with van der Waals surface area (Å²) in [5.74, 6) is 2.05. The third kappa shape index (κ3) is 12.4. The summed E-state index contributed by atoms with van der Waals surface area (Å²) in [6, 6.07) is 14.4. The van der Waals surface area contributed by atoms with Crippen LogP contribution in [0, 0.1) is 25.7 Å². The number of alkyl halides is 6. The van der Waals surface area contributed by atoms with Crippen LogP contribution in [-0.4, -0.2) is 98.5 Å². The number of anilines is 6. The SMILES string of the molecule is CC[C@H](C)CCc1cnc(NC(=O)N2c3nc(-c4cccc(C(F)(F)F)c4)c(C)cc3N3CCC[C@H]2C3)nc1.Cc1cc2c(nc1-c1cccc(C(F)(F)F)c1)N(C(=O)Nc1cc(OC[C@H](C)CO)ncn1)[C@H]1CCCN2C1. The number of aliphatic hydroxyl groups is 1. The molecule has 412 valence electrons. The number of aliphatic hydroxyl groups excluding tert-OH is 1. The number of halogens is 6. The fourth-order valence-electron chi connectivity index (χ4n) is 10.2. The van der Waals surface area contributed by atoms with E-state index in [-0.39, 0.29) is 48.9 Å². The smallest absolute Gasteiger partial charge is 0.416 e. The quantitative estimate of drug-likeness (QED) is 0.0990. The summed E-state index contributed by atoms with van der Waals surface area (Å²) in [4.78, 5) is 61.3. The maximum atomic E-state index is 13.6. The number of fused-ring (bicyclic) bond motifs is 8. The number of hydrogen-bond donors (Lipinski definition) is 3. The number of carbonyl (C=O) groups excluding carboxylic acids is 2. The molecule has 4 aliphatic rings. The van der Waals surface area contributed by atoms with Crippen LogP contribution in [0.15, 0.2) is 85.5 Å². The average Bonchev–Trinajstić information content (AvgIpc) is 3.53. The van der Waals surface area contributed by atoms with Crippen molar-refractivity contribution in [1.82, 2.24) is 29.9 Å². The first-order chi connectivity index (χ1) is 37.3. The minimum Gasteiger partial charge on any atom is -0.477 e. The van der Waals surface area contributed by atoms with Crippen LogP contribution in [0.3, 0.4) is 0 Å². The zero-order chi connectivity index (χ0) is 55.5. The second-order valence-corrected chi connectivity index (χ2v) is 20.5. The van der Waals surface area contributed by atoms with Crippen LogP contribution in [0.1, 0.15) is 87.1 Å². The van der Waals surface area contributed by atoms with Gasteiger partial charge in [-0.2, -0.15) is 26.3 Å². The summed E-state index contributed by atoms with van der Waals surface area (Å²) in [7, 11) is 0. The molecule has 4 aromatic heterocycles. The molecule has 2 fully saturated rings. The van der Waals surface area contributed by atoms with E-state index in [1.165, 1.54) is 24.5 Å².